The molecule has 2 rings (SSSR count). The van der Waals surface area contributed by atoms with Crippen molar-refractivity contribution in [3.8, 4) is 11.5 Å². The van der Waals surface area contributed by atoms with Gasteiger partial charge in [0.2, 0.25) is 0 Å². The molecular weight excluding hydrogens is 260 g/mol. The van der Waals surface area contributed by atoms with E-state index in [1.807, 2.05) is 38.1 Å². The van der Waals surface area contributed by atoms with Gasteiger partial charge in [-0.05, 0) is 55.7 Å². The van der Waals surface area contributed by atoms with Gasteiger partial charge in [-0.15, -0.1) is 0 Å². The van der Waals surface area contributed by atoms with Gasteiger partial charge >= 0.3 is 0 Å². The largest absolute Gasteiger partial charge is 0.456 e. The Kier molecular flexibility index (Phi) is 4.13. The van der Waals surface area contributed by atoms with E-state index in [-0.39, 0.29) is 0 Å². The summed E-state index contributed by atoms with van der Waals surface area (Å²) >= 11 is 6.18. The Morgan fingerprint density at radius 2 is 1.84 bits per heavy atom. The molecule has 1 N–H and O–H groups in total. The molecule has 3 heteroatoms. The van der Waals surface area contributed by atoms with Crippen molar-refractivity contribution in [3.63, 3.8) is 0 Å². The van der Waals surface area contributed by atoms with Crippen molar-refractivity contribution in [2.45, 2.75) is 26.9 Å². The summed E-state index contributed by atoms with van der Waals surface area (Å²) in [5.41, 5.74) is 3.05. The smallest absolute Gasteiger partial charge is 0.146 e. The van der Waals surface area contributed by atoms with Crippen LogP contribution in [0.2, 0.25) is 5.02 Å². The molecule has 0 heterocycles. The van der Waals surface area contributed by atoms with Gasteiger partial charge in [-0.25, -0.2) is 0 Å². The predicted molar refractivity (Wildman–Crippen MR) is 78.1 cm³/mol. The fourth-order valence-electron chi connectivity index (χ4n) is 1.81. The number of ether oxygens (including phenoxy) is 1. The minimum Gasteiger partial charge on any atom is -0.456 e. The molecule has 0 saturated heterocycles. The van der Waals surface area contributed by atoms with E-state index in [9.17, 15) is 5.11 Å². The highest BCUT2D eigenvalue weighted by Gasteiger charge is 2.09. The van der Waals surface area contributed by atoms with Crippen LogP contribution in [0.25, 0.3) is 0 Å². The summed E-state index contributed by atoms with van der Waals surface area (Å²) in [7, 11) is 0. The SMILES string of the molecule is Cc1cccc(Oc2ccc(C(C)O)cc2Cl)c1C. The Labute approximate surface area is 118 Å². The highest BCUT2D eigenvalue weighted by Crippen LogP contribution is 2.33. The molecule has 0 aliphatic heterocycles. The van der Waals surface area contributed by atoms with Crippen molar-refractivity contribution < 1.29 is 9.84 Å². The van der Waals surface area contributed by atoms with E-state index in [1.165, 1.54) is 5.56 Å². The zero-order valence-corrected chi connectivity index (χ0v) is 12.0. The van der Waals surface area contributed by atoms with E-state index in [4.69, 9.17) is 16.3 Å². The van der Waals surface area contributed by atoms with Crippen LogP contribution in [0.15, 0.2) is 36.4 Å². The maximum atomic E-state index is 9.51. The van der Waals surface area contributed by atoms with Gasteiger partial charge < -0.3 is 9.84 Å². The molecule has 19 heavy (non-hydrogen) atoms. The second kappa shape index (κ2) is 5.64. The van der Waals surface area contributed by atoms with Crippen LogP contribution in [-0.4, -0.2) is 5.11 Å². The monoisotopic (exact) mass is 276 g/mol. The molecule has 0 amide bonds. The number of rotatable bonds is 3. The summed E-state index contributed by atoms with van der Waals surface area (Å²) in [6.45, 7) is 5.76. The Balaban J connectivity index is 2.31. The highest BCUT2D eigenvalue weighted by molar-refractivity contribution is 6.32. The zero-order valence-electron chi connectivity index (χ0n) is 11.3. The molecule has 2 aromatic carbocycles. The topological polar surface area (TPSA) is 29.5 Å². The Bertz CT molecular complexity index is 591. The van der Waals surface area contributed by atoms with E-state index in [0.29, 0.717) is 10.8 Å². The molecule has 0 fully saturated rings. The lowest BCUT2D eigenvalue weighted by molar-refractivity contribution is 0.199. The van der Waals surface area contributed by atoms with Crippen LogP contribution in [0.1, 0.15) is 29.7 Å². The summed E-state index contributed by atoms with van der Waals surface area (Å²) < 4.78 is 5.84. The average molecular weight is 277 g/mol. The van der Waals surface area contributed by atoms with Gasteiger partial charge in [-0.3, -0.25) is 0 Å². The number of hydrogen-bond acceptors (Lipinski definition) is 2. The van der Waals surface area contributed by atoms with Crippen LogP contribution in [0.3, 0.4) is 0 Å². The van der Waals surface area contributed by atoms with Crippen molar-refractivity contribution in [3.05, 3.63) is 58.1 Å². The maximum Gasteiger partial charge on any atom is 0.146 e. The standard InChI is InChI=1S/C16H17ClO2/c1-10-5-4-6-15(11(10)2)19-16-8-7-13(12(3)18)9-14(16)17/h4-9,12,18H,1-3H3. The first-order valence-electron chi connectivity index (χ1n) is 6.20. The first kappa shape index (κ1) is 13.9. The van der Waals surface area contributed by atoms with Crippen LogP contribution in [0, 0.1) is 13.8 Å². The van der Waals surface area contributed by atoms with E-state index in [2.05, 4.69) is 0 Å². The van der Waals surface area contributed by atoms with Gasteiger partial charge in [0, 0.05) is 0 Å². The molecule has 0 aliphatic rings. The van der Waals surface area contributed by atoms with Crippen LogP contribution in [0.5, 0.6) is 11.5 Å². The molecular formula is C16H17ClO2. The molecule has 1 atom stereocenters. The van der Waals surface area contributed by atoms with Gasteiger partial charge in [0.25, 0.3) is 0 Å². The van der Waals surface area contributed by atoms with Crippen LogP contribution in [0.4, 0.5) is 0 Å². The minimum atomic E-state index is -0.535. The Morgan fingerprint density at radius 1 is 1.11 bits per heavy atom. The van der Waals surface area contributed by atoms with Crippen molar-refractivity contribution >= 4 is 11.6 Å². The first-order valence-corrected chi connectivity index (χ1v) is 6.58. The summed E-state index contributed by atoms with van der Waals surface area (Å²) in [5.74, 6) is 1.39. The van der Waals surface area contributed by atoms with Crippen molar-refractivity contribution in [1.29, 1.82) is 0 Å². The summed E-state index contributed by atoms with van der Waals surface area (Å²) in [4.78, 5) is 0. The number of halogens is 1. The number of aliphatic hydroxyl groups is 1. The molecule has 0 saturated carbocycles. The molecule has 2 aromatic rings. The van der Waals surface area contributed by atoms with E-state index in [1.54, 1.807) is 19.1 Å². The Morgan fingerprint density at radius 3 is 2.47 bits per heavy atom. The third kappa shape index (κ3) is 3.09. The summed E-state index contributed by atoms with van der Waals surface area (Å²) in [5, 5.41) is 10.0. The molecule has 1 unspecified atom stereocenters. The van der Waals surface area contributed by atoms with E-state index >= 15 is 0 Å². The lowest BCUT2D eigenvalue weighted by Crippen LogP contribution is -1.94. The molecule has 100 valence electrons. The molecule has 0 bridgehead atoms. The van der Waals surface area contributed by atoms with Crippen molar-refractivity contribution in [2.24, 2.45) is 0 Å². The van der Waals surface area contributed by atoms with E-state index in [0.717, 1.165) is 16.9 Å². The lowest BCUT2D eigenvalue weighted by atomic mass is 10.1. The molecule has 0 aliphatic carbocycles. The molecule has 0 aromatic heterocycles. The predicted octanol–water partition coefficient (Wildman–Crippen LogP) is 4.80. The summed E-state index contributed by atoms with van der Waals surface area (Å²) in [6.07, 6.45) is -0.535. The summed E-state index contributed by atoms with van der Waals surface area (Å²) in [6, 6.07) is 11.2. The maximum absolute atomic E-state index is 9.51. The van der Waals surface area contributed by atoms with Gasteiger partial charge in [-0.2, -0.15) is 0 Å². The van der Waals surface area contributed by atoms with Gasteiger partial charge in [0.15, 0.2) is 0 Å². The molecule has 0 spiro atoms. The van der Waals surface area contributed by atoms with Crippen LogP contribution < -0.4 is 4.74 Å². The highest BCUT2D eigenvalue weighted by atomic mass is 35.5. The van der Waals surface area contributed by atoms with Gasteiger partial charge in [0.1, 0.15) is 11.5 Å². The van der Waals surface area contributed by atoms with E-state index < -0.39 is 6.10 Å². The van der Waals surface area contributed by atoms with Crippen LogP contribution >= 0.6 is 11.6 Å². The number of benzene rings is 2. The number of hydrogen-bond donors (Lipinski definition) is 1. The molecule has 0 radical (unpaired) electrons. The van der Waals surface area contributed by atoms with Crippen molar-refractivity contribution in [1.82, 2.24) is 0 Å². The van der Waals surface area contributed by atoms with Gasteiger partial charge in [-0.1, -0.05) is 29.8 Å². The Hall–Kier alpha value is -1.51. The lowest BCUT2D eigenvalue weighted by Gasteiger charge is -2.13. The third-order valence-corrected chi connectivity index (χ3v) is 3.51. The quantitative estimate of drug-likeness (QED) is 0.872. The minimum absolute atomic E-state index is 0.499. The zero-order chi connectivity index (χ0) is 14.0. The second-order valence-electron chi connectivity index (χ2n) is 4.67. The number of aryl methyl sites for hydroxylation is 1. The van der Waals surface area contributed by atoms with Gasteiger partial charge in [0.05, 0.1) is 11.1 Å². The van der Waals surface area contributed by atoms with Crippen LogP contribution in [-0.2, 0) is 0 Å². The fraction of sp³-hybridized carbons (Fsp3) is 0.250. The third-order valence-electron chi connectivity index (χ3n) is 3.21. The fourth-order valence-corrected chi connectivity index (χ4v) is 2.04. The number of aliphatic hydroxyl groups excluding tert-OH is 1. The first-order chi connectivity index (χ1) is 8.99. The second-order valence-corrected chi connectivity index (χ2v) is 5.07. The average Bonchev–Trinajstić information content (AvgIpc) is 2.37. The van der Waals surface area contributed by atoms with Crippen molar-refractivity contribution in [2.75, 3.05) is 0 Å². The molecule has 2 nitrogen and oxygen atoms in total. The normalized spacial score (nSPS) is 12.3.